The molecule has 126 valence electrons. The molecule has 22 heavy (non-hydrogen) atoms. The molecule has 0 aliphatic carbocycles. The molecule has 0 aromatic heterocycles. The lowest BCUT2D eigenvalue weighted by Crippen LogP contribution is -2.21. The van der Waals surface area contributed by atoms with E-state index in [-0.39, 0.29) is 12.5 Å². The van der Waals surface area contributed by atoms with Crippen LogP contribution in [0.1, 0.15) is 64.7 Å². The summed E-state index contributed by atoms with van der Waals surface area (Å²) in [4.78, 5) is 14.7. The maximum atomic E-state index is 10.2. The normalized spacial score (nSPS) is 13.5. The van der Waals surface area contributed by atoms with Crippen molar-refractivity contribution in [2.24, 2.45) is 0 Å². The first-order valence-electron chi connectivity index (χ1n) is 8.17. The Balaban J connectivity index is 3.65. The standard InChI is InChI=1S/C18H30O4/c1-2-3-4-5-8-11-14-17(22-21)15-12-9-6-7-10-13-16-18(19)20/h3-4,8,11-12,15,17,21H,2,5-7,9-10,13-14,16H2,1H3,(H,19,20)/p-1/b4-3-,11-8-,15-12+/t17-/m0/s1. The number of carbonyl (C=O) groups is 1. The van der Waals surface area contributed by atoms with E-state index < -0.39 is 5.97 Å². The summed E-state index contributed by atoms with van der Waals surface area (Å²) in [6.07, 6.45) is 19.2. The number of carboxylic acids is 1. The van der Waals surface area contributed by atoms with Gasteiger partial charge < -0.3 is 9.90 Å². The molecule has 0 bridgehead atoms. The zero-order chi connectivity index (χ0) is 16.5. The van der Waals surface area contributed by atoms with Crippen molar-refractivity contribution in [1.29, 1.82) is 0 Å². The van der Waals surface area contributed by atoms with Crippen molar-refractivity contribution in [2.45, 2.75) is 70.8 Å². The summed E-state index contributed by atoms with van der Waals surface area (Å²) in [5.74, 6) is -0.971. The van der Waals surface area contributed by atoms with Gasteiger partial charge in [-0.1, -0.05) is 56.2 Å². The van der Waals surface area contributed by atoms with Crippen LogP contribution in [0.15, 0.2) is 36.5 Å². The molecule has 0 amide bonds. The van der Waals surface area contributed by atoms with Crippen LogP contribution in [-0.2, 0) is 9.68 Å². The summed E-state index contributed by atoms with van der Waals surface area (Å²) in [5, 5.41) is 19.1. The van der Waals surface area contributed by atoms with Crippen molar-refractivity contribution in [3.8, 4) is 0 Å². The molecule has 0 aliphatic rings. The first-order chi connectivity index (χ1) is 10.7. The second kappa shape index (κ2) is 16.0. The maximum absolute atomic E-state index is 10.2. The van der Waals surface area contributed by atoms with Crippen LogP contribution < -0.4 is 5.11 Å². The summed E-state index contributed by atoms with van der Waals surface area (Å²) in [7, 11) is 0. The number of unbranched alkanes of at least 4 members (excludes halogenated alkanes) is 4. The third-order valence-electron chi connectivity index (χ3n) is 3.20. The van der Waals surface area contributed by atoms with E-state index in [1.807, 2.05) is 18.2 Å². The quantitative estimate of drug-likeness (QED) is 0.229. The third kappa shape index (κ3) is 15.0. The van der Waals surface area contributed by atoms with Gasteiger partial charge in [0, 0.05) is 5.97 Å². The van der Waals surface area contributed by atoms with Crippen molar-refractivity contribution in [3.05, 3.63) is 36.5 Å². The van der Waals surface area contributed by atoms with Crippen LogP contribution in [0, 0.1) is 0 Å². The van der Waals surface area contributed by atoms with Gasteiger partial charge in [-0.15, -0.1) is 0 Å². The van der Waals surface area contributed by atoms with E-state index in [1.165, 1.54) is 0 Å². The summed E-state index contributed by atoms with van der Waals surface area (Å²) in [6.45, 7) is 2.10. The van der Waals surface area contributed by atoms with Crippen molar-refractivity contribution < 1.29 is 20.0 Å². The Morgan fingerprint density at radius 3 is 2.50 bits per heavy atom. The fourth-order valence-corrected chi connectivity index (χ4v) is 1.96. The van der Waals surface area contributed by atoms with E-state index in [0.29, 0.717) is 12.8 Å². The van der Waals surface area contributed by atoms with Crippen LogP contribution in [0.2, 0.25) is 0 Å². The van der Waals surface area contributed by atoms with Crippen molar-refractivity contribution >= 4 is 5.97 Å². The van der Waals surface area contributed by atoms with Gasteiger partial charge in [-0.3, -0.25) is 5.26 Å². The molecule has 0 fully saturated rings. The molecule has 1 N–H and O–H groups in total. The zero-order valence-electron chi connectivity index (χ0n) is 13.6. The van der Waals surface area contributed by atoms with Crippen molar-refractivity contribution in [2.75, 3.05) is 0 Å². The number of rotatable bonds is 14. The number of hydrogen-bond donors (Lipinski definition) is 1. The molecule has 0 spiro atoms. The first kappa shape index (κ1) is 20.6. The topological polar surface area (TPSA) is 69.6 Å². The average molecular weight is 309 g/mol. The number of aliphatic carboxylic acids is 1. The van der Waals surface area contributed by atoms with E-state index in [2.05, 4.69) is 30.0 Å². The van der Waals surface area contributed by atoms with Gasteiger partial charge in [0.25, 0.3) is 0 Å². The highest BCUT2D eigenvalue weighted by atomic mass is 17.1. The fraction of sp³-hybridized carbons (Fsp3) is 0.611. The Kier molecular flexibility index (Phi) is 15.0. The third-order valence-corrected chi connectivity index (χ3v) is 3.20. The number of hydrogen-bond acceptors (Lipinski definition) is 4. The molecule has 0 saturated carbocycles. The second-order valence-electron chi connectivity index (χ2n) is 5.22. The smallest absolute Gasteiger partial charge is 0.114 e. The monoisotopic (exact) mass is 309 g/mol. The number of carbonyl (C=O) groups excluding carboxylic acids is 1. The lowest BCUT2D eigenvalue weighted by Gasteiger charge is -2.05. The molecular weight excluding hydrogens is 280 g/mol. The maximum Gasteiger partial charge on any atom is 0.114 e. The van der Waals surface area contributed by atoms with Crippen LogP contribution >= 0.6 is 0 Å². The molecule has 4 nitrogen and oxygen atoms in total. The largest absolute Gasteiger partial charge is 0.550 e. The summed E-state index contributed by atoms with van der Waals surface area (Å²) in [6, 6.07) is 0. The Morgan fingerprint density at radius 2 is 1.82 bits per heavy atom. The average Bonchev–Trinajstić information content (AvgIpc) is 2.50. The predicted molar refractivity (Wildman–Crippen MR) is 87.2 cm³/mol. The van der Waals surface area contributed by atoms with E-state index in [0.717, 1.165) is 38.5 Å². The molecule has 0 radical (unpaired) electrons. The highest BCUT2D eigenvalue weighted by Crippen LogP contribution is 2.07. The van der Waals surface area contributed by atoms with Gasteiger partial charge in [0.05, 0.1) is 0 Å². The summed E-state index contributed by atoms with van der Waals surface area (Å²) in [5.41, 5.74) is 0. The van der Waals surface area contributed by atoms with Crippen molar-refractivity contribution in [1.82, 2.24) is 0 Å². The molecule has 4 heteroatoms. The van der Waals surface area contributed by atoms with Gasteiger partial charge in [-0.05, 0) is 44.9 Å². The molecule has 0 aromatic rings. The molecule has 0 saturated heterocycles. The van der Waals surface area contributed by atoms with Gasteiger partial charge in [0.15, 0.2) is 0 Å². The predicted octanol–water partition coefficient (Wildman–Crippen LogP) is 3.79. The van der Waals surface area contributed by atoms with E-state index in [1.54, 1.807) is 0 Å². The zero-order valence-corrected chi connectivity index (χ0v) is 13.6. The minimum atomic E-state index is -0.971. The molecule has 1 atom stereocenters. The Hall–Kier alpha value is -1.39. The van der Waals surface area contributed by atoms with Crippen LogP contribution in [0.3, 0.4) is 0 Å². The van der Waals surface area contributed by atoms with E-state index in [4.69, 9.17) is 5.26 Å². The lowest BCUT2D eigenvalue weighted by molar-refractivity contribution is -0.305. The van der Waals surface area contributed by atoms with Gasteiger partial charge in [0.1, 0.15) is 6.10 Å². The molecular formula is C18H29O4-. The lowest BCUT2D eigenvalue weighted by atomic mass is 10.1. The summed E-state index contributed by atoms with van der Waals surface area (Å²) < 4.78 is 0. The van der Waals surface area contributed by atoms with Gasteiger partial charge >= 0.3 is 0 Å². The molecule has 0 aromatic carbocycles. The highest BCUT2D eigenvalue weighted by molar-refractivity contribution is 5.63. The summed E-state index contributed by atoms with van der Waals surface area (Å²) >= 11 is 0. The Morgan fingerprint density at radius 1 is 1.09 bits per heavy atom. The Bertz CT molecular complexity index is 345. The van der Waals surface area contributed by atoms with E-state index >= 15 is 0 Å². The molecule has 0 heterocycles. The Labute approximate surface area is 134 Å². The van der Waals surface area contributed by atoms with Crippen LogP contribution in [-0.4, -0.2) is 17.3 Å². The molecule has 0 aliphatic heterocycles. The first-order valence-corrected chi connectivity index (χ1v) is 8.17. The number of carboxylic acid groups (broad SMARTS) is 1. The number of allylic oxidation sites excluding steroid dienone is 4. The molecule has 0 rings (SSSR count). The van der Waals surface area contributed by atoms with Gasteiger partial charge in [-0.2, -0.15) is 0 Å². The van der Waals surface area contributed by atoms with Crippen LogP contribution in [0.25, 0.3) is 0 Å². The van der Waals surface area contributed by atoms with E-state index in [9.17, 15) is 9.90 Å². The van der Waals surface area contributed by atoms with Crippen LogP contribution in [0.5, 0.6) is 0 Å². The minimum Gasteiger partial charge on any atom is -0.550 e. The van der Waals surface area contributed by atoms with Crippen LogP contribution in [0.4, 0.5) is 0 Å². The van der Waals surface area contributed by atoms with Gasteiger partial charge in [0.2, 0.25) is 0 Å². The fourth-order valence-electron chi connectivity index (χ4n) is 1.96. The highest BCUT2D eigenvalue weighted by Gasteiger charge is 2.00. The van der Waals surface area contributed by atoms with Crippen molar-refractivity contribution in [3.63, 3.8) is 0 Å². The minimum absolute atomic E-state index is 0.149. The molecule has 0 unspecified atom stereocenters. The second-order valence-corrected chi connectivity index (χ2v) is 5.22. The SMILES string of the molecule is CC/C=C\C/C=C\C[C@@H](/C=C/CCCCCCC(=O)[O-])OO. The van der Waals surface area contributed by atoms with Gasteiger partial charge in [-0.25, -0.2) is 4.89 Å².